The highest BCUT2D eigenvalue weighted by atomic mass is 32.1. The van der Waals surface area contributed by atoms with Crippen LogP contribution in [0.25, 0.3) is 4.96 Å². The standard InChI is InChI=1S/C14H15N3O2S/c1-2-18-11-5-3-4-6-12(11)19-13-10(9-15)17-7-8-20-14(17)16-13/h3-8H,2,9,15H2,1H3. The molecule has 2 aromatic heterocycles. The first-order valence-electron chi connectivity index (χ1n) is 6.37. The fraction of sp³-hybridized carbons (Fsp3) is 0.214. The van der Waals surface area contributed by atoms with Crippen molar-refractivity contribution < 1.29 is 9.47 Å². The largest absolute Gasteiger partial charge is 0.490 e. The molecule has 0 aliphatic carbocycles. The number of hydrogen-bond acceptors (Lipinski definition) is 5. The number of hydrogen-bond donors (Lipinski definition) is 1. The van der Waals surface area contributed by atoms with Crippen LogP contribution >= 0.6 is 11.3 Å². The average molecular weight is 289 g/mol. The van der Waals surface area contributed by atoms with Crippen LogP contribution in [0.5, 0.6) is 17.4 Å². The quantitative estimate of drug-likeness (QED) is 0.784. The summed E-state index contributed by atoms with van der Waals surface area (Å²) in [5.41, 5.74) is 6.66. The van der Waals surface area contributed by atoms with Crippen LogP contribution in [-0.2, 0) is 6.54 Å². The lowest BCUT2D eigenvalue weighted by atomic mass is 10.3. The number of nitrogens with zero attached hydrogens (tertiary/aromatic N) is 2. The maximum atomic E-state index is 5.90. The Balaban J connectivity index is 1.98. The van der Waals surface area contributed by atoms with Crippen molar-refractivity contribution >= 4 is 16.3 Å². The lowest BCUT2D eigenvalue weighted by Crippen LogP contribution is -2.02. The Morgan fingerprint density at radius 2 is 2.10 bits per heavy atom. The molecule has 3 aromatic rings. The van der Waals surface area contributed by atoms with Gasteiger partial charge < -0.3 is 15.2 Å². The molecule has 0 atom stereocenters. The average Bonchev–Trinajstić information content (AvgIpc) is 3.01. The van der Waals surface area contributed by atoms with Gasteiger partial charge in [-0.1, -0.05) is 12.1 Å². The SMILES string of the molecule is CCOc1ccccc1Oc1nc2sccn2c1CN. The van der Waals surface area contributed by atoms with Crippen LogP contribution < -0.4 is 15.2 Å². The number of thiazole rings is 1. The molecular weight excluding hydrogens is 274 g/mol. The number of para-hydroxylation sites is 2. The smallest absolute Gasteiger partial charge is 0.243 e. The van der Waals surface area contributed by atoms with Crippen LogP contribution in [0.15, 0.2) is 35.8 Å². The van der Waals surface area contributed by atoms with Gasteiger partial charge in [0.15, 0.2) is 16.5 Å². The third-order valence-electron chi connectivity index (χ3n) is 2.87. The summed E-state index contributed by atoms with van der Waals surface area (Å²) in [6.07, 6.45) is 1.94. The van der Waals surface area contributed by atoms with Gasteiger partial charge in [-0.25, -0.2) is 0 Å². The summed E-state index contributed by atoms with van der Waals surface area (Å²) in [5.74, 6) is 1.88. The molecule has 3 rings (SSSR count). The van der Waals surface area contributed by atoms with E-state index in [2.05, 4.69) is 4.98 Å². The van der Waals surface area contributed by atoms with E-state index in [1.54, 1.807) is 11.3 Å². The molecule has 0 aliphatic heterocycles. The molecule has 104 valence electrons. The zero-order valence-corrected chi connectivity index (χ0v) is 11.9. The van der Waals surface area contributed by atoms with E-state index in [4.69, 9.17) is 15.2 Å². The molecule has 0 saturated carbocycles. The molecule has 0 aliphatic rings. The number of nitrogens with two attached hydrogens (primary N) is 1. The Labute approximate surface area is 120 Å². The first-order valence-corrected chi connectivity index (χ1v) is 7.25. The lowest BCUT2D eigenvalue weighted by molar-refractivity contribution is 0.319. The molecule has 1 aromatic carbocycles. The number of rotatable bonds is 5. The Kier molecular flexibility index (Phi) is 3.58. The van der Waals surface area contributed by atoms with E-state index in [9.17, 15) is 0 Å². The van der Waals surface area contributed by atoms with Crippen molar-refractivity contribution in [3.63, 3.8) is 0 Å². The fourth-order valence-corrected chi connectivity index (χ4v) is 2.72. The van der Waals surface area contributed by atoms with Gasteiger partial charge in [0.25, 0.3) is 0 Å². The van der Waals surface area contributed by atoms with Crippen LogP contribution in [0, 0.1) is 0 Å². The van der Waals surface area contributed by atoms with Crippen LogP contribution in [-0.4, -0.2) is 16.0 Å². The summed E-state index contributed by atoms with van der Waals surface area (Å²) >= 11 is 1.55. The maximum Gasteiger partial charge on any atom is 0.243 e. The Morgan fingerprint density at radius 3 is 2.85 bits per heavy atom. The van der Waals surface area contributed by atoms with Crippen LogP contribution in [0.1, 0.15) is 12.6 Å². The van der Waals surface area contributed by atoms with Crippen LogP contribution in [0.2, 0.25) is 0 Å². The molecule has 0 fully saturated rings. The summed E-state index contributed by atoms with van der Waals surface area (Å²) < 4.78 is 13.4. The monoisotopic (exact) mass is 289 g/mol. The van der Waals surface area contributed by atoms with E-state index in [0.29, 0.717) is 30.5 Å². The van der Waals surface area contributed by atoms with E-state index in [0.717, 1.165) is 10.7 Å². The van der Waals surface area contributed by atoms with Crippen molar-refractivity contribution in [3.05, 3.63) is 41.5 Å². The van der Waals surface area contributed by atoms with E-state index < -0.39 is 0 Å². The maximum absolute atomic E-state index is 5.90. The second kappa shape index (κ2) is 5.52. The predicted molar refractivity (Wildman–Crippen MR) is 78.6 cm³/mol. The highest BCUT2D eigenvalue weighted by Gasteiger charge is 2.15. The van der Waals surface area contributed by atoms with Gasteiger partial charge in [0.1, 0.15) is 5.69 Å². The molecule has 0 amide bonds. The molecule has 2 heterocycles. The Bertz CT molecular complexity index is 720. The van der Waals surface area contributed by atoms with E-state index in [1.807, 2.05) is 47.2 Å². The van der Waals surface area contributed by atoms with Gasteiger partial charge in [-0.15, -0.1) is 11.3 Å². The van der Waals surface area contributed by atoms with E-state index in [1.165, 1.54) is 0 Å². The molecule has 5 nitrogen and oxygen atoms in total. The van der Waals surface area contributed by atoms with Crippen LogP contribution in [0.3, 0.4) is 0 Å². The van der Waals surface area contributed by atoms with Crippen LogP contribution in [0.4, 0.5) is 0 Å². The second-order valence-electron chi connectivity index (χ2n) is 4.11. The van der Waals surface area contributed by atoms with Gasteiger partial charge >= 0.3 is 0 Å². The van der Waals surface area contributed by atoms with Crippen molar-refractivity contribution in [1.82, 2.24) is 9.38 Å². The van der Waals surface area contributed by atoms with E-state index in [-0.39, 0.29) is 0 Å². The third kappa shape index (κ3) is 2.23. The molecule has 20 heavy (non-hydrogen) atoms. The van der Waals surface area contributed by atoms with Gasteiger partial charge in [-0.2, -0.15) is 4.98 Å². The van der Waals surface area contributed by atoms with Crippen molar-refractivity contribution in [2.24, 2.45) is 5.73 Å². The molecule has 6 heteroatoms. The van der Waals surface area contributed by atoms with E-state index >= 15 is 0 Å². The minimum absolute atomic E-state index is 0.365. The third-order valence-corrected chi connectivity index (χ3v) is 3.63. The van der Waals surface area contributed by atoms with Crippen molar-refractivity contribution in [1.29, 1.82) is 0 Å². The molecule has 2 N–H and O–H groups in total. The van der Waals surface area contributed by atoms with Gasteiger partial charge in [0.2, 0.25) is 5.88 Å². The van der Waals surface area contributed by atoms with Gasteiger partial charge in [-0.05, 0) is 19.1 Å². The van der Waals surface area contributed by atoms with Gasteiger partial charge in [0.05, 0.1) is 6.61 Å². The highest BCUT2D eigenvalue weighted by Crippen LogP contribution is 2.33. The zero-order valence-electron chi connectivity index (χ0n) is 11.1. The predicted octanol–water partition coefficient (Wildman–Crippen LogP) is 3.05. The molecule has 0 saturated heterocycles. The summed E-state index contributed by atoms with van der Waals surface area (Å²) in [6, 6.07) is 7.55. The number of aromatic nitrogens is 2. The molecule has 0 radical (unpaired) electrons. The number of ether oxygens (including phenoxy) is 2. The number of fused-ring (bicyclic) bond motifs is 1. The number of imidazole rings is 1. The zero-order chi connectivity index (χ0) is 13.9. The summed E-state index contributed by atoms with van der Waals surface area (Å²) in [4.78, 5) is 5.33. The molecular formula is C14H15N3O2S. The highest BCUT2D eigenvalue weighted by molar-refractivity contribution is 7.15. The van der Waals surface area contributed by atoms with Crippen molar-refractivity contribution in [3.8, 4) is 17.4 Å². The minimum Gasteiger partial charge on any atom is -0.490 e. The second-order valence-corrected chi connectivity index (χ2v) is 4.98. The summed E-state index contributed by atoms with van der Waals surface area (Å²) in [5, 5.41) is 1.97. The van der Waals surface area contributed by atoms with Crippen molar-refractivity contribution in [2.45, 2.75) is 13.5 Å². The van der Waals surface area contributed by atoms with Gasteiger partial charge in [0, 0.05) is 18.1 Å². The van der Waals surface area contributed by atoms with Gasteiger partial charge in [-0.3, -0.25) is 4.40 Å². The first-order chi connectivity index (χ1) is 9.83. The molecule has 0 bridgehead atoms. The Hall–Kier alpha value is -2.05. The van der Waals surface area contributed by atoms with Crippen molar-refractivity contribution in [2.75, 3.05) is 6.61 Å². The summed E-state index contributed by atoms with van der Waals surface area (Å²) in [7, 11) is 0. The first kappa shape index (κ1) is 13.0. The Morgan fingerprint density at radius 1 is 1.30 bits per heavy atom. The fourth-order valence-electron chi connectivity index (χ4n) is 1.99. The normalized spacial score (nSPS) is 10.9. The minimum atomic E-state index is 0.365. The topological polar surface area (TPSA) is 61.8 Å². The summed E-state index contributed by atoms with van der Waals surface area (Å²) in [6.45, 7) is 2.89. The molecule has 0 unspecified atom stereocenters. The molecule has 0 spiro atoms. The lowest BCUT2D eigenvalue weighted by Gasteiger charge is -2.10. The number of benzene rings is 1.